The molecule has 0 spiro atoms. The largest absolute Gasteiger partial charge is 0.496 e. The molecule has 0 aliphatic carbocycles. The molecule has 3 amide bonds. The SMILES string of the molecule is COc1ccccc1C(=O)N1NC(=O)CC1=O. The Hall–Kier alpha value is -2.37. The number of nitrogens with one attached hydrogen (secondary N) is 1. The normalized spacial score (nSPS) is 14.8. The van der Waals surface area contributed by atoms with Crippen molar-refractivity contribution in [1.29, 1.82) is 0 Å². The molecule has 0 atom stereocenters. The van der Waals surface area contributed by atoms with Crippen LogP contribution in [0.3, 0.4) is 0 Å². The van der Waals surface area contributed by atoms with E-state index in [-0.39, 0.29) is 12.0 Å². The van der Waals surface area contributed by atoms with Crippen LogP contribution in [-0.2, 0) is 9.59 Å². The van der Waals surface area contributed by atoms with E-state index in [2.05, 4.69) is 5.43 Å². The molecular weight excluding hydrogens is 224 g/mol. The van der Waals surface area contributed by atoms with Gasteiger partial charge in [-0.25, -0.2) is 0 Å². The van der Waals surface area contributed by atoms with Crippen LogP contribution in [0.15, 0.2) is 24.3 Å². The lowest BCUT2D eigenvalue weighted by Crippen LogP contribution is -2.41. The Balaban J connectivity index is 2.31. The van der Waals surface area contributed by atoms with Crippen LogP contribution in [0.2, 0.25) is 0 Å². The summed E-state index contributed by atoms with van der Waals surface area (Å²) in [7, 11) is 1.43. The zero-order chi connectivity index (χ0) is 12.4. The number of benzene rings is 1. The summed E-state index contributed by atoms with van der Waals surface area (Å²) in [4.78, 5) is 34.4. The fraction of sp³-hybridized carbons (Fsp3) is 0.182. The summed E-state index contributed by atoms with van der Waals surface area (Å²) in [6.07, 6.45) is -0.305. The highest BCUT2D eigenvalue weighted by molar-refractivity contribution is 6.14. The van der Waals surface area contributed by atoms with E-state index in [1.54, 1.807) is 18.2 Å². The second-order valence-electron chi connectivity index (χ2n) is 3.45. The second kappa shape index (κ2) is 4.25. The van der Waals surface area contributed by atoms with Crippen LogP contribution in [0.25, 0.3) is 0 Å². The second-order valence-corrected chi connectivity index (χ2v) is 3.45. The van der Waals surface area contributed by atoms with Gasteiger partial charge in [-0.15, -0.1) is 0 Å². The molecule has 0 unspecified atom stereocenters. The number of carbonyl (C=O) groups is 3. The number of hydrogen-bond donors (Lipinski definition) is 1. The monoisotopic (exact) mass is 234 g/mol. The van der Waals surface area contributed by atoms with Gasteiger partial charge in [0.2, 0.25) is 5.91 Å². The first-order chi connectivity index (χ1) is 8.13. The molecule has 1 aliphatic heterocycles. The molecule has 0 saturated carbocycles. The Morgan fingerprint density at radius 3 is 2.65 bits per heavy atom. The van der Waals surface area contributed by atoms with Gasteiger partial charge in [0, 0.05) is 0 Å². The number of hydrazine groups is 1. The number of methoxy groups -OCH3 is 1. The Morgan fingerprint density at radius 2 is 2.06 bits per heavy atom. The van der Waals surface area contributed by atoms with E-state index in [0.717, 1.165) is 0 Å². The maximum Gasteiger partial charge on any atom is 0.283 e. The maximum absolute atomic E-state index is 12.0. The molecule has 1 fully saturated rings. The van der Waals surface area contributed by atoms with Gasteiger partial charge in [0.1, 0.15) is 12.2 Å². The van der Waals surface area contributed by atoms with Crippen LogP contribution in [0.5, 0.6) is 5.75 Å². The van der Waals surface area contributed by atoms with Crippen molar-refractivity contribution in [2.75, 3.05) is 7.11 Å². The number of imide groups is 1. The molecular formula is C11H10N2O4. The fourth-order valence-corrected chi connectivity index (χ4v) is 1.55. The Morgan fingerprint density at radius 1 is 1.35 bits per heavy atom. The van der Waals surface area contributed by atoms with Gasteiger partial charge in [-0.3, -0.25) is 19.8 Å². The third-order valence-corrected chi connectivity index (χ3v) is 2.34. The molecule has 88 valence electrons. The molecule has 1 heterocycles. The molecule has 0 radical (unpaired) electrons. The highest BCUT2D eigenvalue weighted by Gasteiger charge is 2.33. The minimum absolute atomic E-state index is 0.227. The molecule has 17 heavy (non-hydrogen) atoms. The molecule has 6 heteroatoms. The van der Waals surface area contributed by atoms with E-state index in [1.165, 1.54) is 13.2 Å². The summed E-state index contributed by atoms with van der Waals surface area (Å²) in [6, 6.07) is 6.49. The lowest BCUT2D eigenvalue weighted by Gasteiger charge is -2.14. The molecule has 2 rings (SSSR count). The summed E-state index contributed by atoms with van der Waals surface area (Å²) in [5, 5.41) is 0.709. The highest BCUT2D eigenvalue weighted by atomic mass is 16.5. The van der Waals surface area contributed by atoms with E-state index in [4.69, 9.17) is 4.74 Å². The van der Waals surface area contributed by atoms with Gasteiger partial charge >= 0.3 is 0 Å². The number of ether oxygens (including phenoxy) is 1. The number of carbonyl (C=O) groups excluding carboxylic acids is 3. The van der Waals surface area contributed by atoms with Gasteiger partial charge in [0.05, 0.1) is 12.7 Å². The highest BCUT2D eigenvalue weighted by Crippen LogP contribution is 2.20. The Kier molecular flexibility index (Phi) is 2.78. The van der Waals surface area contributed by atoms with Crippen molar-refractivity contribution < 1.29 is 19.1 Å². The average Bonchev–Trinajstić information content (AvgIpc) is 2.67. The first-order valence-electron chi connectivity index (χ1n) is 4.93. The van der Waals surface area contributed by atoms with Gasteiger partial charge < -0.3 is 4.74 Å². The molecule has 0 aromatic heterocycles. The van der Waals surface area contributed by atoms with E-state index in [9.17, 15) is 14.4 Å². The van der Waals surface area contributed by atoms with E-state index in [0.29, 0.717) is 10.8 Å². The zero-order valence-electron chi connectivity index (χ0n) is 9.10. The van der Waals surface area contributed by atoms with Crippen LogP contribution >= 0.6 is 0 Å². The number of rotatable bonds is 2. The van der Waals surface area contributed by atoms with Crippen molar-refractivity contribution >= 4 is 17.7 Å². The zero-order valence-corrected chi connectivity index (χ0v) is 9.10. The molecule has 1 aromatic rings. The smallest absolute Gasteiger partial charge is 0.283 e. The minimum atomic E-state index is -0.599. The molecule has 1 N–H and O–H groups in total. The predicted octanol–water partition coefficient (Wildman–Crippen LogP) is 0.0989. The van der Waals surface area contributed by atoms with Gasteiger partial charge in [0.15, 0.2) is 0 Å². The van der Waals surface area contributed by atoms with Crippen molar-refractivity contribution in [2.24, 2.45) is 0 Å². The van der Waals surface area contributed by atoms with Crippen LogP contribution in [0.4, 0.5) is 0 Å². The van der Waals surface area contributed by atoms with Crippen LogP contribution in [0.1, 0.15) is 16.8 Å². The van der Waals surface area contributed by atoms with Crippen molar-refractivity contribution in [3.63, 3.8) is 0 Å². The quantitative estimate of drug-likeness (QED) is 0.581. The molecule has 6 nitrogen and oxygen atoms in total. The molecule has 0 bridgehead atoms. The number of amides is 3. The van der Waals surface area contributed by atoms with Crippen molar-refractivity contribution in [2.45, 2.75) is 6.42 Å². The number of para-hydroxylation sites is 1. The summed E-state index contributed by atoms with van der Waals surface area (Å²) >= 11 is 0. The summed E-state index contributed by atoms with van der Waals surface area (Å²) in [5.41, 5.74) is 2.42. The standard InChI is InChI=1S/C11H10N2O4/c1-17-8-5-3-2-4-7(8)11(16)13-10(15)6-9(14)12-13/h2-5H,6H2,1H3,(H,12,14). The summed E-state index contributed by atoms with van der Waals surface area (Å²) in [5.74, 6) is -1.30. The lowest BCUT2D eigenvalue weighted by molar-refractivity contribution is -0.126. The number of nitrogens with zero attached hydrogens (tertiary/aromatic N) is 1. The average molecular weight is 234 g/mol. The molecule has 1 aromatic carbocycles. The molecule has 1 saturated heterocycles. The fourth-order valence-electron chi connectivity index (χ4n) is 1.55. The van der Waals surface area contributed by atoms with Crippen molar-refractivity contribution in [3.05, 3.63) is 29.8 Å². The summed E-state index contributed by atoms with van der Waals surface area (Å²) in [6.45, 7) is 0. The maximum atomic E-state index is 12.0. The van der Waals surface area contributed by atoms with Gasteiger partial charge in [-0.2, -0.15) is 5.01 Å². The topological polar surface area (TPSA) is 75.7 Å². The van der Waals surface area contributed by atoms with Gasteiger partial charge in [0.25, 0.3) is 11.8 Å². The lowest BCUT2D eigenvalue weighted by atomic mass is 10.2. The van der Waals surface area contributed by atoms with E-state index >= 15 is 0 Å². The third-order valence-electron chi connectivity index (χ3n) is 2.34. The van der Waals surface area contributed by atoms with Crippen molar-refractivity contribution in [1.82, 2.24) is 10.4 Å². The third kappa shape index (κ3) is 1.96. The van der Waals surface area contributed by atoms with Crippen LogP contribution in [-0.4, -0.2) is 29.8 Å². The first-order valence-corrected chi connectivity index (χ1v) is 4.93. The van der Waals surface area contributed by atoms with Gasteiger partial charge in [-0.1, -0.05) is 12.1 Å². The van der Waals surface area contributed by atoms with Crippen molar-refractivity contribution in [3.8, 4) is 5.75 Å². The van der Waals surface area contributed by atoms with Crippen LogP contribution < -0.4 is 10.2 Å². The minimum Gasteiger partial charge on any atom is -0.496 e. The Bertz CT molecular complexity index is 498. The Labute approximate surface area is 97.1 Å². The van der Waals surface area contributed by atoms with Crippen LogP contribution in [0, 0.1) is 0 Å². The molecule has 1 aliphatic rings. The van der Waals surface area contributed by atoms with E-state index < -0.39 is 17.7 Å². The van der Waals surface area contributed by atoms with E-state index in [1.807, 2.05) is 0 Å². The predicted molar refractivity (Wildman–Crippen MR) is 56.9 cm³/mol. The first kappa shape index (κ1) is 11.1. The number of hydrogen-bond acceptors (Lipinski definition) is 4. The summed E-state index contributed by atoms with van der Waals surface area (Å²) < 4.78 is 5.02. The van der Waals surface area contributed by atoms with Gasteiger partial charge in [-0.05, 0) is 12.1 Å².